The molecule has 0 saturated heterocycles. The number of ether oxygens (including phenoxy) is 2. The Bertz CT molecular complexity index is 658. The highest BCUT2D eigenvalue weighted by Gasteiger charge is 2.16. The van der Waals surface area contributed by atoms with Crippen LogP contribution in [0.2, 0.25) is 0 Å². The lowest BCUT2D eigenvalue weighted by Crippen LogP contribution is -2.36. The number of carbonyl (C=O) groups excluding carboxylic acids is 1. The lowest BCUT2D eigenvalue weighted by Gasteiger charge is -2.15. The van der Waals surface area contributed by atoms with Crippen LogP contribution in [0.15, 0.2) is 48.5 Å². The van der Waals surface area contributed by atoms with Gasteiger partial charge in [0, 0.05) is 6.54 Å². The van der Waals surface area contributed by atoms with Gasteiger partial charge in [0.2, 0.25) is 6.79 Å². The van der Waals surface area contributed by atoms with E-state index in [9.17, 15) is 4.79 Å². The van der Waals surface area contributed by atoms with Crippen LogP contribution in [0.25, 0.3) is 0 Å². The summed E-state index contributed by atoms with van der Waals surface area (Å²) < 4.78 is 10.6. The summed E-state index contributed by atoms with van der Waals surface area (Å²) in [6, 6.07) is 15.2. The fourth-order valence-electron chi connectivity index (χ4n) is 2.29. The van der Waals surface area contributed by atoms with Crippen LogP contribution in [0.3, 0.4) is 0 Å². The Labute approximate surface area is 129 Å². The molecule has 0 fully saturated rings. The molecule has 5 nitrogen and oxygen atoms in total. The number of carbonyl (C=O) groups is 1. The molecular formula is C17H18N2O3. The minimum absolute atomic E-state index is 0.120. The third kappa shape index (κ3) is 3.31. The van der Waals surface area contributed by atoms with Crippen LogP contribution in [0, 0.1) is 0 Å². The molecule has 0 bridgehead atoms. The van der Waals surface area contributed by atoms with E-state index in [0.717, 1.165) is 22.6 Å². The fraction of sp³-hybridized carbons (Fsp3) is 0.235. The Hall–Kier alpha value is -2.69. The highest BCUT2D eigenvalue weighted by molar-refractivity contribution is 5.74. The van der Waals surface area contributed by atoms with Crippen molar-refractivity contribution >= 4 is 6.03 Å². The van der Waals surface area contributed by atoms with Gasteiger partial charge in [-0.15, -0.1) is 0 Å². The Kier molecular flexibility index (Phi) is 4.14. The number of urea groups is 1. The van der Waals surface area contributed by atoms with E-state index in [1.807, 2.05) is 55.5 Å². The zero-order chi connectivity index (χ0) is 15.4. The molecule has 114 valence electrons. The van der Waals surface area contributed by atoms with Crippen molar-refractivity contribution in [2.24, 2.45) is 0 Å². The Morgan fingerprint density at radius 2 is 1.91 bits per heavy atom. The molecule has 22 heavy (non-hydrogen) atoms. The van der Waals surface area contributed by atoms with Crippen LogP contribution in [0.4, 0.5) is 4.79 Å². The molecule has 0 aliphatic carbocycles. The van der Waals surface area contributed by atoms with Crippen molar-refractivity contribution < 1.29 is 14.3 Å². The maximum absolute atomic E-state index is 12.0. The molecule has 0 saturated carbocycles. The minimum Gasteiger partial charge on any atom is -0.454 e. The molecule has 2 amide bonds. The van der Waals surface area contributed by atoms with Gasteiger partial charge in [-0.3, -0.25) is 0 Å². The van der Waals surface area contributed by atoms with Crippen LogP contribution in [-0.2, 0) is 6.54 Å². The van der Waals surface area contributed by atoms with Crippen molar-refractivity contribution in [3.05, 3.63) is 59.7 Å². The van der Waals surface area contributed by atoms with E-state index in [1.165, 1.54) is 0 Å². The number of nitrogens with one attached hydrogen (secondary N) is 2. The van der Waals surface area contributed by atoms with Gasteiger partial charge < -0.3 is 20.1 Å². The van der Waals surface area contributed by atoms with Gasteiger partial charge in [-0.2, -0.15) is 0 Å². The average molecular weight is 298 g/mol. The number of amides is 2. The first kappa shape index (κ1) is 14.3. The van der Waals surface area contributed by atoms with Gasteiger partial charge in [0.15, 0.2) is 11.5 Å². The summed E-state index contributed by atoms with van der Waals surface area (Å²) in [5.41, 5.74) is 2.03. The summed E-state index contributed by atoms with van der Waals surface area (Å²) in [5, 5.41) is 5.76. The van der Waals surface area contributed by atoms with Crippen molar-refractivity contribution in [1.29, 1.82) is 0 Å². The van der Waals surface area contributed by atoms with Crippen LogP contribution >= 0.6 is 0 Å². The predicted molar refractivity (Wildman–Crippen MR) is 82.8 cm³/mol. The maximum Gasteiger partial charge on any atom is 0.315 e. The van der Waals surface area contributed by atoms with E-state index in [4.69, 9.17) is 9.47 Å². The third-order valence-electron chi connectivity index (χ3n) is 3.54. The molecule has 2 aromatic rings. The lowest BCUT2D eigenvalue weighted by molar-refractivity contribution is 0.174. The maximum atomic E-state index is 12.0. The third-order valence-corrected chi connectivity index (χ3v) is 3.54. The number of benzene rings is 2. The highest BCUT2D eigenvalue weighted by Crippen LogP contribution is 2.34. The number of hydrogen-bond donors (Lipinski definition) is 2. The lowest BCUT2D eigenvalue weighted by atomic mass is 10.1. The van der Waals surface area contributed by atoms with E-state index < -0.39 is 0 Å². The first-order valence-corrected chi connectivity index (χ1v) is 7.20. The second-order valence-corrected chi connectivity index (χ2v) is 5.15. The van der Waals surface area contributed by atoms with Gasteiger partial charge in [0.25, 0.3) is 0 Å². The topological polar surface area (TPSA) is 59.6 Å². The molecule has 0 spiro atoms. The second kappa shape index (κ2) is 6.39. The molecule has 1 aliphatic heterocycles. The number of hydrogen-bond acceptors (Lipinski definition) is 3. The summed E-state index contributed by atoms with van der Waals surface area (Å²) >= 11 is 0. The molecule has 2 aromatic carbocycles. The molecule has 0 aromatic heterocycles. The average Bonchev–Trinajstić information content (AvgIpc) is 3.01. The predicted octanol–water partition coefficient (Wildman–Crippen LogP) is 2.98. The molecule has 0 unspecified atom stereocenters. The van der Waals surface area contributed by atoms with Gasteiger partial charge in [0.1, 0.15) is 0 Å². The van der Waals surface area contributed by atoms with Gasteiger partial charge in [-0.25, -0.2) is 4.79 Å². The zero-order valence-corrected chi connectivity index (χ0v) is 12.3. The minimum atomic E-state index is -0.200. The second-order valence-electron chi connectivity index (χ2n) is 5.15. The zero-order valence-electron chi connectivity index (χ0n) is 12.3. The van der Waals surface area contributed by atoms with Crippen molar-refractivity contribution in [2.45, 2.75) is 19.5 Å². The van der Waals surface area contributed by atoms with Crippen LogP contribution in [-0.4, -0.2) is 12.8 Å². The van der Waals surface area contributed by atoms with E-state index in [2.05, 4.69) is 10.6 Å². The Balaban J connectivity index is 1.55. The summed E-state index contributed by atoms with van der Waals surface area (Å²) in [4.78, 5) is 12.0. The summed E-state index contributed by atoms with van der Waals surface area (Å²) in [7, 11) is 0. The van der Waals surface area contributed by atoms with E-state index in [-0.39, 0.29) is 18.9 Å². The molecule has 1 heterocycles. The molecule has 0 radical (unpaired) electrons. The van der Waals surface area contributed by atoms with E-state index >= 15 is 0 Å². The fourth-order valence-corrected chi connectivity index (χ4v) is 2.29. The Morgan fingerprint density at radius 1 is 1.14 bits per heavy atom. The van der Waals surface area contributed by atoms with Crippen molar-refractivity contribution in [1.82, 2.24) is 10.6 Å². The summed E-state index contributed by atoms with van der Waals surface area (Å²) in [6.07, 6.45) is 0. The van der Waals surface area contributed by atoms with Crippen molar-refractivity contribution in [3.63, 3.8) is 0 Å². The largest absolute Gasteiger partial charge is 0.454 e. The first-order chi connectivity index (χ1) is 10.7. The van der Waals surface area contributed by atoms with Crippen LogP contribution < -0.4 is 20.1 Å². The number of rotatable bonds is 4. The van der Waals surface area contributed by atoms with Crippen molar-refractivity contribution in [2.75, 3.05) is 6.79 Å². The van der Waals surface area contributed by atoms with Crippen LogP contribution in [0.5, 0.6) is 11.5 Å². The van der Waals surface area contributed by atoms with Gasteiger partial charge in [0.05, 0.1) is 6.04 Å². The monoisotopic (exact) mass is 298 g/mol. The van der Waals surface area contributed by atoms with E-state index in [1.54, 1.807) is 0 Å². The van der Waals surface area contributed by atoms with Gasteiger partial charge in [-0.05, 0) is 30.2 Å². The molecule has 1 aliphatic rings. The Morgan fingerprint density at radius 3 is 2.73 bits per heavy atom. The van der Waals surface area contributed by atoms with Gasteiger partial charge >= 0.3 is 6.03 Å². The van der Waals surface area contributed by atoms with Gasteiger partial charge in [-0.1, -0.05) is 36.4 Å². The quantitative estimate of drug-likeness (QED) is 0.912. The first-order valence-electron chi connectivity index (χ1n) is 7.20. The SMILES string of the molecule is C[C@H](NC(=O)NCc1ccccc1)c1ccc2c(c1)OCO2. The molecule has 2 N–H and O–H groups in total. The van der Waals surface area contributed by atoms with Crippen molar-refractivity contribution in [3.8, 4) is 11.5 Å². The molecule has 1 atom stereocenters. The normalized spacial score (nSPS) is 13.5. The van der Waals surface area contributed by atoms with E-state index in [0.29, 0.717) is 6.54 Å². The summed E-state index contributed by atoms with van der Waals surface area (Å²) in [5.74, 6) is 1.46. The standard InChI is InChI=1S/C17H18N2O3/c1-12(14-7-8-15-16(9-14)22-11-21-15)19-17(20)18-10-13-5-3-2-4-6-13/h2-9,12H,10-11H2,1H3,(H2,18,19,20)/t12-/m0/s1. The summed E-state index contributed by atoms with van der Waals surface area (Å²) in [6.45, 7) is 2.68. The molecule has 5 heteroatoms. The van der Waals surface area contributed by atoms with Crippen LogP contribution in [0.1, 0.15) is 24.1 Å². The number of fused-ring (bicyclic) bond motifs is 1. The molecule has 3 rings (SSSR count). The smallest absolute Gasteiger partial charge is 0.315 e. The highest BCUT2D eigenvalue weighted by atomic mass is 16.7. The molecular weight excluding hydrogens is 280 g/mol.